The number of guanidine groups is 1. The van der Waals surface area contributed by atoms with Gasteiger partial charge in [0.1, 0.15) is 0 Å². The molecule has 0 saturated carbocycles. The molecule has 30 heavy (non-hydrogen) atoms. The van der Waals surface area contributed by atoms with E-state index in [1.54, 1.807) is 0 Å². The lowest BCUT2D eigenvalue weighted by Gasteiger charge is -2.33. The number of amides is 1. The Morgan fingerprint density at radius 3 is 2.50 bits per heavy atom. The van der Waals surface area contributed by atoms with Crippen molar-refractivity contribution < 1.29 is 4.79 Å². The minimum atomic E-state index is -0.0655. The highest BCUT2D eigenvalue weighted by atomic mass is 16.1. The summed E-state index contributed by atoms with van der Waals surface area (Å²) in [5, 5.41) is 9.78. The van der Waals surface area contributed by atoms with E-state index in [4.69, 9.17) is 4.99 Å². The molecular formula is C24H33N5O. The Hall–Kier alpha value is -2.86. The standard InChI is InChI=1S/C24H33N5O/c1-3-25-24(26-17-21-10-7-11-23(16-21)27-19(2)30)28-22-12-14-29(15-13-22)18-20-8-5-4-6-9-20/h4-11,16,22H,3,12-15,17-18H2,1-2H3,(H,27,30)(H2,25,26,28). The van der Waals surface area contributed by atoms with Gasteiger partial charge in [-0.05, 0) is 43.0 Å². The van der Waals surface area contributed by atoms with Gasteiger partial charge in [0.25, 0.3) is 0 Å². The molecule has 1 amide bonds. The third-order valence-corrected chi connectivity index (χ3v) is 5.19. The summed E-state index contributed by atoms with van der Waals surface area (Å²) >= 11 is 0. The van der Waals surface area contributed by atoms with Crippen LogP contribution in [0.1, 0.15) is 37.8 Å². The first-order valence-electron chi connectivity index (χ1n) is 10.8. The highest BCUT2D eigenvalue weighted by Crippen LogP contribution is 2.14. The number of likely N-dealkylation sites (tertiary alicyclic amines) is 1. The van der Waals surface area contributed by atoms with Crippen molar-refractivity contribution in [2.75, 3.05) is 25.0 Å². The van der Waals surface area contributed by atoms with Crippen LogP contribution < -0.4 is 16.0 Å². The minimum absolute atomic E-state index is 0.0655. The monoisotopic (exact) mass is 407 g/mol. The predicted molar refractivity (Wildman–Crippen MR) is 123 cm³/mol. The zero-order valence-electron chi connectivity index (χ0n) is 18.0. The molecule has 1 aliphatic heterocycles. The molecule has 1 saturated heterocycles. The number of piperidine rings is 1. The van der Waals surface area contributed by atoms with Gasteiger partial charge < -0.3 is 16.0 Å². The van der Waals surface area contributed by atoms with E-state index in [-0.39, 0.29) is 5.91 Å². The SMILES string of the molecule is CCNC(=NCc1cccc(NC(C)=O)c1)NC1CCN(Cc2ccccc2)CC1. The summed E-state index contributed by atoms with van der Waals surface area (Å²) in [6.07, 6.45) is 2.21. The molecular weight excluding hydrogens is 374 g/mol. The fraction of sp³-hybridized carbons (Fsp3) is 0.417. The van der Waals surface area contributed by atoms with Crippen molar-refractivity contribution in [3.63, 3.8) is 0 Å². The zero-order valence-corrected chi connectivity index (χ0v) is 18.0. The van der Waals surface area contributed by atoms with Crippen LogP contribution in [0, 0.1) is 0 Å². The molecule has 3 rings (SSSR count). The Kier molecular flexibility index (Phi) is 8.27. The van der Waals surface area contributed by atoms with Gasteiger partial charge in [0.2, 0.25) is 5.91 Å². The maximum absolute atomic E-state index is 11.3. The lowest BCUT2D eigenvalue weighted by Crippen LogP contribution is -2.48. The van der Waals surface area contributed by atoms with Gasteiger partial charge in [-0.3, -0.25) is 9.69 Å². The van der Waals surface area contributed by atoms with E-state index >= 15 is 0 Å². The maximum atomic E-state index is 11.3. The van der Waals surface area contributed by atoms with Crippen molar-refractivity contribution in [1.82, 2.24) is 15.5 Å². The number of nitrogens with zero attached hydrogens (tertiary/aromatic N) is 2. The van der Waals surface area contributed by atoms with Crippen molar-refractivity contribution in [1.29, 1.82) is 0 Å². The second kappa shape index (κ2) is 11.4. The summed E-state index contributed by atoms with van der Waals surface area (Å²) in [5.74, 6) is 0.785. The summed E-state index contributed by atoms with van der Waals surface area (Å²) in [5.41, 5.74) is 3.25. The van der Waals surface area contributed by atoms with E-state index in [1.165, 1.54) is 12.5 Å². The first-order chi connectivity index (χ1) is 14.6. The highest BCUT2D eigenvalue weighted by Gasteiger charge is 2.20. The van der Waals surface area contributed by atoms with Crippen molar-refractivity contribution in [2.24, 2.45) is 4.99 Å². The summed E-state index contributed by atoms with van der Waals surface area (Å²) < 4.78 is 0. The molecule has 0 aliphatic carbocycles. The van der Waals surface area contributed by atoms with Crippen molar-refractivity contribution in [2.45, 2.75) is 45.8 Å². The molecule has 0 atom stereocenters. The van der Waals surface area contributed by atoms with E-state index < -0.39 is 0 Å². The number of aliphatic imine (C=N–C) groups is 1. The quantitative estimate of drug-likeness (QED) is 0.486. The van der Waals surface area contributed by atoms with Crippen molar-refractivity contribution in [3.05, 3.63) is 65.7 Å². The second-order valence-corrected chi connectivity index (χ2v) is 7.76. The highest BCUT2D eigenvalue weighted by molar-refractivity contribution is 5.88. The van der Waals surface area contributed by atoms with E-state index in [1.807, 2.05) is 24.3 Å². The first kappa shape index (κ1) is 21.8. The Morgan fingerprint density at radius 2 is 1.80 bits per heavy atom. The predicted octanol–water partition coefficient (Wildman–Crippen LogP) is 3.36. The number of hydrogen-bond donors (Lipinski definition) is 3. The number of carbonyl (C=O) groups excluding carboxylic acids is 1. The Bertz CT molecular complexity index is 828. The summed E-state index contributed by atoms with van der Waals surface area (Å²) in [6, 6.07) is 18.9. The lowest BCUT2D eigenvalue weighted by atomic mass is 10.0. The molecule has 0 radical (unpaired) electrons. The van der Waals surface area contributed by atoms with E-state index in [9.17, 15) is 4.79 Å². The number of carbonyl (C=O) groups is 1. The third kappa shape index (κ3) is 7.19. The lowest BCUT2D eigenvalue weighted by molar-refractivity contribution is -0.114. The molecule has 0 spiro atoms. The topological polar surface area (TPSA) is 68.8 Å². The molecule has 1 heterocycles. The molecule has 160 valence electrons. The summed E-state index contributed by atoms with van der Waals surface area (Å²) in [4.78, 5) is 18.5. The summed E-state index contributed by atoms with van der Waals surface area (Å²) in [7, 11) is 0. The van der Waals surface area contributed by atoms with E-state index in [0.29, 0.717) is 12.6 Å². The second-order valence-electron chi connectivity index (χ2n) is 7.76. The fourth-order valence-corrected chi connectivity index (χ4v) is 3.71. The third-order valence-electron chi connectivity index (χ3n) is 5.19. The van der Waals surface area contributed by atoms with Gasteiger partial charge in [-0.25, -0.2) is 4.99 Å². The molecule has 6 nitrogen and oxygen atoms in total. The molecule has 3 N–H and O–H groups in total. The van der Waals surface area contributed by atoms with Gasteiger partial charge in [0.15, 0.2) is 5.96 Å². The van der Waals surface area contributed by atoms with Gasteiger partial charge in [-0.15, -0.1) is 0 Å². The number of rotatable bonds is 7. The number of benzene rings is 2. The molecule has 2 aromatic carbocycles. The van der Waals surface area contributed by atoms with E-state index in [2.05, 4.69) is 58.1 Å². The average molecular weight is 408 g/mol. The largest absolute Gasteiger partial charge is 0.357 e. The number of anilines is 1. The maximum Gasteiger partial charge on any atom is 0.221 e. The van der Waals surface area contributed by atoms with Crippen molar-refractivity contribution >= 4 is 17.6 Å². The van der Waals surface area contributed by atoms with Crippen LogP contribution in [-0.4, -0.2) is 42.4 Å². The molecule has 0 aromatic heterocycles. The Labute approximate surface area is 179 Å². The molecule has 1 aliphatic rings. The molecule has 6 heteroatoms. The van der Waals surface area contributed by atoms with Crippen LogP contribution in [-0.2, 0) is 17.9 Å². The Balaban J connectivity index is 1.51. The van der Waals surface area contributed by atoms with E-state index in [0.717, 1.165) is 56.2 Å². The van der Waals surface area contributed by atoms with Crippen LogP contribution in [0.4, 0.5) is 5.69 Å². The van der Waals surface area contributed by atoms with Crippen LogP contribution in [0.15, 0.2) is 59.6 Å². The van der Waals surface area contributed by atoms with Gasteiger partial charge in [-0.1, -0.05) is 42.5 Å². The van der Waals surface area contributed by atoms with Gasteiger partial charge in [0.05, 0.1) is 6.54 Å². The molecule has 0 unspecified atom stereocenters. The molecule has 2 aromatic rings. The van der Waals surface area contributed by atoms with Crippen LogP contribution in [0.5, 0.6) is 0 Å². The van der Waals surface area contributed by atoms with Gasteiger partial charge in [0, 0.05) is 44.8 Å². The molecule has 1 fully saturated rings. The zero-order chi connectivity index (χ0) is 21.2. The minimum Gasteiger partial charge on any atom is -0.357 e. The average Bonchev–Trinajstić information content (AvgIpc) is 2.74. The van der Waals surface area contributed by atoms with Crippen molar-refractivity contribution in [3.8, 4) is 0 Å². The van der Waals surface area contributed by atoms with Crippen LogP contribution in [0.3, 0.4) is 0 Å². The summed E-state index contributed by atoms with van der Waals surface area (Å²) in [6.45, 7) is 8.18. The number of hydrogen-bond acceptors (Lipinski definition) is 3. The smallest absolute Gasteiger partial charge is 0.221 e. The van der Waals surface area contributed by atoms with Crippen LogP contribution in [0.25, 0.3) is 0 Å². The van der Waals surface area contributed by atoms with Crippen LogP contribution >= 0.6 is 0 Å². The normalized spacial score (nSPS) is 15.6. The molecule has 0 bridgehead atoms. The van der Waals surface area contributed by atoms with Gasteiger partial charge >= 0.3 is 0 Å². The Morgan fingerprint density at radius 1 is 1.07 bits per heavy atom. The van der Waals surface area contributed by atoms with Crippen LogP contribution in [0.2, 0.25) is 0 Å². The fourth-order valence-electron chi connectivity index (χ4n) is 3.71. The first-order valence-corrected chi connectivity index (χ1v) is 10.8. The van der Waals surface area contributed by atoms with Gasteiger partial charge in [-0.2, -0.15) is 0 Å². The number of nitrogens with one attached hydrogen (secondary N) is 3.